The second-order valence-electron chi connectivity index (χ2n) is 6.18. The molecule has 0 aliphatic heterocycles. The van der Waals surface area contributed by atoms with Crippen molar-refractivity contribution in [2.45, 2.75) is 17.4 Å². The number of rotatable bonds is 9. The zero-order valence-corrected chi connectivity index (χ0v) is 16.4. The molecule has 1 atom stereocenters. The van der Waals surface area contributed by atoms with Gasteiger partial charge in [0.05, 0.1) is 14.2 Å². The average molecular weight is 378 g/mol. The standard InChI is InChI=1S/C19H26N2O4S/c1-21(2)16(12-15-8-6-5-7-9-15)14-20-26(22,23)19-13-17(24-3)10-11-18(19)25-4/h5-11,13,16,20H,12,14H2,1-4H3. The third kappa shape index (κ3) is 5.20. The third-order valence-corrected chi connectivity index (χ3v) is 5.66. The highest BCUT2D eigenvalue weighted by Crippen LogP contribution is 2.28. The zero-order chi connectivity index (χ0) is 19.2. The Balaban J connectivity index is 2.17. The molecular formula is C19H26N2O4S. The van der Waals surface area contributed by atoms with Gasteiger partial charge in [-0.1, -0.05) is 30.3 Å². The van der Waals surface area contributed by atoms with Gasteiger partial charge in [0.1, 0.15) is 16.4 Å². The summed E-state index contributed by atoms with van der Waals surface area (Å²) in [4.78, 5) is 2.08. The van der Waals surface area contributed by atoms with Crippen molar-refractivity contribution in [2.75, 3.05) is 34.9 Å². The molecule has 0 fully saturated rings. The van der Waals surface area contributed by atoms with Crippen LogP contribution in [0.1, 0.15) is 5.56 Å². The molecule has 0 radical (unpaired) electrons. The molecule has 142 valence electrons. The van der Waals surface area contributed by atoms with Crippen LogP contribution in [0.25, 0.3) is 0 Å². The van der Waals surface area contributed by atoms with Crippen LogP contribution in [-0.4, -0.2) is 54.2 Å². The molecule has 2 aromatic rings. The molecule has 0 saturated carbocycles. The summed E-state index contributed by atoms with van der Waals surface area (Å²) in [7, 11) is 3.08. The minimum absolute atomic E-state index is 0.0174. The summed E-state index contributed by atoms with van der Waals surface area (Å²) in [5.41, 5.74) is 1.16. The van der Waals surface area contributed by atoms with Crippen LogP contribution >= 0.6 is 0 Å². The lowest BCUT2D eigenvalue weighted by Crippen LogP contribution is -2.41. The highest BCUT2D eigenvalue weighted by Gasteiger charge is 2.23. The van der Waals surface area contributed by atoms with E-state index >= 15 is 0 Å². The maximum absolute atomic E-state index is 12.8. The molecule has 7 heteroatoms. The second kappa shape index (κ2) is 9.02. The van der Waals surface area contributed by atoms with Crippen molar-refractivity contribution < 1.29 is 17.9 Å². The van der Waals surface area contributed by atoms with Gasteiger partial charge in [0.2, 0.25) is 10.0 Å². The molecule has 0 saturated heterocycles. The fourth-order valence-electron chi connectivity index (χ4n) is 2.60. The summed E-state index contributed by atoms with van der Waals surface area (Å²) in [5, 5.41) is 0. The lowest BCUT2D eigenvalue weighted by molar-refractivity contribution is 0.291. The molecule has 0 spiro atoms. The quantitative estimate of drug-likeness (QED) is 0.724. The van der Waals surface area contributed by atoms with E-state index in [1.165, 1.54) is 20.3 Å². The number of methoxy groups -OCH3 is 2. The van der Waals surface area contributed by atoms with Crippen LogP contribution in [-0.2, 0) is 16.4 Å². The first-order valence-corrected chi connectivity index (χ1v) is 9.77. The summed E-state index contributed by atoms with van der Waals surface area (Å²) in [5.74, 6) is 0.738. The first kappa shape index (κ1) is 20.2. The zero-order valence-electron chi connectivity index (χ0n) is 15.6. The van der Waals surface area contributed by atoms with Crippen LogP contribution in [0.15, 0.2) is 53.4 Å². The summed E-state index contributed by atoms with van der Waals surface area (Å²) < 4.78 is 38.6. The Morgan fingerprint density at radius 3 is 2.31 bits per heavy atom. The van der Waals surface area contributed by atoms with Gasteiger partial charge in [-0.05, 0) is 38.2 Å². The topological polar surface area (TPSA) is 67.9 Å². The Kier molecular flexibility index (Phi) is 7.02. The van der Waals surface area contributed by atoms with Crippen LogP contribution in [0.2, 0.25) is 0 Å². The van der Waals surface area contributed by atoms with Gasteiger partial charge in [0.25, 0.3) is 0 Å². The van der Waals surface area contributed by atoms with E-state index in [9.17, 15) is 8.42 Å². The summed E-state index contributed by atoms with van der Waals surface area (Å²) in [6.45, 7) is 0.282. The van der Waals surface area contributed by atoms with Crippen molar-refractivity contribution in [1.29, 1.82) is 0 Å². The fourth-order valence-corrected chi connectivity index (χ4v) is 3.86. The predicted molar refractivity (Wildman–Crippen MR) is 102 cm³/mol. The molecule has 0 amide bonds. The Morgan fingerprint density at radius 1 is 1.04 bits per heavy atom. The van der Waals surface area contributed by atoms with Crippen LogP contribution in [0, 0.1) is 0 Å². The molecule has 0 aliphatic carbocycles. The molecule has 0 heterocycles. The van der Waals surface area contributed by atoms with E-state index in [0.29, 0.717) is 5.75 Å². The van der Waals surface area contributed by atoms with E-state index in [2.05, 4.69) is 4.72 Å². The van der Waals surface area contributed by atoms with Gasteiger partial charge in [-0.2, -0.15) is 0 Å². The Bertz CT molecular complexity index is 808. The number of nitrogens with zero attached hydrogens (tertiary/aromatic N) is 1. The summed E-state index contributed by atoms with van der Waals surface area (Å²) >= 11 is 0. The van der Waals surface area contributed by atoms with E-state index < -0.39 is 10.0 Å². The highest BCUT2D eigenvalue weighted by molar-refractivity contribution is 7.89. The number of ether oxygens (including phenoxy) is 2. The number of nitrogens with one attached hydrogen (secondary N) is 1. The van der Waals surface area contributed by atoms with Crippen LogP contribution in [0.3, 0.4) is 0 Å². The van der Waals surface area contributed by atoms with Crippen molar-refractivity contribution in [3.63, 3.8) is 0 Å². The third-order valence-electron chi connectivity index (χ3n) is 4.21. The largest absolute Gasteiger partial charge is 0.497 e. The number of benzene rings is 2. The number of hydrogen-bond acceptors (Lipinski definition) is 5. The minimum atomic E-state index is -3.74. The van der Waals surface area contributed by atoms with Gasteiger partial charge in [0, 0.05) is 18.7 Å². The highest BCUT2D eigenvalue weighted by atomic mass is 32.2. The van der Waals surface area contributed by atoms with Gasteiger partial charge in [-0.25, -0.2) is 13.1 Å². The van der Waals surface area contributed by atoms with Gasteiger partial charge in [-0.3, -0.25) is 0 Å². The van der Waals surface area contributed by atoms with Crippen molar-refractivity contribution in [1.82, 2.24) is 9.62 Å². The van der Waals surface area contributed by atoms with E-state index in [-0.39, 0.29) is 23.2 Å². The maximum atomic E-state index is 12.8. The molecular weight excluding hydrogens is 352 g/mol. The fraction of sp³-hybridized carbons (Fsp3) is 0.368. The smallest absolute Gasteiger partial charge is 0.244 e. The van der Waals surface area contributed by atoms with Gasteiger partial charge >= 0.3 is 0 Å². The van der Waals surface area contributed by atoms with Gasteiger partial charge in [-0.15, -0.1) is 0 Å². The normalized spacial score (nSPS) is 12.8. The monoisotopic (exact) mass is 378 g/mol. The maximum Gasteiger partial charge on any atom is 0.244 e. The molecule has 0 bridgehead atoms. The summed E-state index contributed by atoms with van der Waals surface area (Å²) in [6, 6.07) is 14.7. The SMILES string of the molecule is COc1ccc(OC)c(S(=O)(=O)NCC(Cc2ccccc2)N(C)C)c1. The lowest BCUT2D eigenvalue weighted by atomic mass is 10.1. The van der Waals surface area contributed by atoms with E-state index in [0.717, 1.165) is 12.0 Å². The Morgan fingerprint density at radius 2 is 1.73 bits per heavy atom. The Labute approximate surface area is 155 Å². The minimum Gasteiger partial charge on any atom is -0.497 e. The second-order valence-corrected chi connectivity index (χ2v) is 7.91. The van der Waals surface area contributed by atoms with Crippen molar-refractivity contribution in [3.05, 3.63) is 54.1 Å². The van der Waals surface area contributed by atoms with Crippen LogP contribution in [0.4, 0.5) is 0 Å². The van der Waals surface area contributed by atoms with E-state index in [4.69, 9.17) is 9.47 Å². The Hall–Kier alpha value is -2.09. The number of sulfonamides is 1. The van der Waals surface area contributed by atoms with E-state index in [1.54, 1.807) is 12.1 Å². The predicted octanol–water partition coefficient (Wildman–Crippen LogP) is 2.16. The number of likely N-dealkylation sites (N-methyl/N-ethyl adjacent to an activating group) is 1. The molecule has 2 aromatic carbocycles. The molecule has 2 rings (SSSR count). The van der Waals surface area contributed by atoms with Gasteiger partial charge in [0.15, 0.2) is 0 Å². The van der Waals surface area contributed by atoms with Crippen molar-refractivity contribution >= 4 is 10.0 Å². The number of hydrogen-bond donors (Lipinski definition) is 1. The summed E-state index contributed by atoms with van der Waals surface area (Å²) in [6.07, 6.45) is 0.742. The van der Waals surface area contributed by atoms with Crippen molar-refractivity contribution in [3.8, 4) is 11.5 Å². The first-order chi connectivity index (χ1) is 12.4. The molecule has 0 aliphatic rings. The molecule has 6 nitrogen and oxygen atoms in total. The average Bonchev–Trinajstić information content (AvgIpc) is 2.65. The molecule has 0 aromatic heterocycles. The van der Waals surface area contributed by atoms with Gasteiger partial charge < -0.3 is 14.4 Å². The molecule has 1 unspecified atom stereocenters. The molecule has 26 heavy (non-hydrogen) atoms. The first-order valence-electron chi connectivity index (χ1n) is 8.29. The van der Waals surface area contributed by atoms with Crippen LogP contribution in [0.5, 0.6) is 11.5 Å². The van der Waals surface area contributed by atoms with Crippen molar-refractivity contribution in [2.24, 2.45) is 0 Å². The van der Waals surface area contributed by atoms with Crippen LogP contribution < -0.4 is 14.2 Å². The molecule has 1 N–H and O–H groups in total. The van der Waals surface area contributed by atoms with E-state index in [1.807, 2.05) is 49.3 Å². The lowest BCUT2D eigenvalue weighted by Gasteiger charge is -2.25.